The molecule has 19 heavy (non-hydrogen) atoms. The van der Waals surface area contributed by atoms with E-state index in [2.05, 4.69) is 22.9 Å². The highest BCUT2D eigenvalue weighted by atomic mass is 16.2. The first-order valence-corrected chi connectivity index (χ1v) is 7.05. The van der Waals surface area contributed by atoms with Crippen molar-refractivity contribution in [1.29, 1.82) is 0 Å². The summed E-state index contributed by atoms with van der Waals surface area (Å²) in [4.78, 5) is 24.0. The van der Waals surface area contributed by atoms with Crippen LogP contribution in [-0.4, -0.2) is 36.0 Å². The van der Waals surface area contributed by atoms with E-state index in [0.29, 0.717) is 6.04 Å². The standard InChI is InChI=1S/C14H27N3O2/c1-9-8-11(6-7-15-9)13(19)16-10(2)12(18)17-14(3,4)5/h9-11,15H,6-8H2,1-5H3,(H,16,19)(H,17,18)/t9-,10?,11-/m0/s1. The minimum absolute atomic E-state index is 0.00934. The molecule has 0 saturated carbocycles. The van der Waals surface area contributed by atoms with Crippen LogP contribution in [0.15, 0.2) is 0 Å². The van der Waals surface area contributed by atoms with Crippen molar-refractivity contribution in [2.24, 2.45) is 5.92 Å². The third-order valence-electron chi connectivity index (χ3n) is 3.24. The Morgan fingerprint density at radius 3 is 2.47 bits per heavy atom. The van der Waals surface area contributed by atoms with E-state index in [4.69, 9.17) is 0 Å². The predicted molar refractivity (Wildman–Crippen MR) is 75.7 cm³/mol. The lowest BCUT2D eigenvalue weighted by Gasteiger charge is -2.29. The Bertz CT molecular complexity index is 336. The number of carbonyl (C=O) groups is 2. The molecule has 0 aromatic heterocycles. The van der Waals surface area contributed by atoms with Crippen molar-refractivity contribution in [3.8, 4) is 0 Å². The summed E-state index contributed by atoms with van der Waals surface area (Å²) in [5.74, 6) is -0.131. The van der Waals surface area contributed by atoms with Crippen molar-refractivity contribution < 1.29 is 9.59 Å². The van der Waals surface area contributed by atoms with Crippen LogP contribution in [0.25, 0.3) is 0 Å². The van der Waals surface area contributed by atoms with Gasteiger partial charge in [-0.1, -0.05) is 0 Å². The van der Waals surface area contributed by atoms with E-state index in [1.54, 1.807) is 6.92 Å². The van der Waals surface area contributed by atoms with Crippen LogP contribution in [0, 0.1) is 5.92 Å². The fourth-order valence-electron chi connectivity index (χ4n) is 2.24. The summed E-state index contributed by atoms with van der Waals surface area (Å²) in [5, 5.41) is 9.00. The van der Waals surface area contributed by atoms with E-state index in [0.717, 1.165) is 19.4 Å². The first-order valence-electron chi connectivity index (χ1n) is 7.05. The maximum atomic E-state index is 12.1. The van der Waals surface area contributed by atoms with E-state index in [1.165, 1.54) is 0 Å². The van der Waals surface area contributed by atoms with Crippen molar-refractivity contribution in [3.63, 3.8) is 0 Å². The number of piperidine rings is 1. The zero-order chi connectivity index (χ0) is 14.6. The van der Waals surface area contributed by atoms with E-state index in [9.17, 15) is 9.59 Å². The quantitative estimate of drug-likeness (QED) is 0.709. The topological polar surface area (TPSA) is 70.2 Å². The van der Waals surface area contributed by atoms with Crippen molar-refractivity contribution in [2.75, 3.05) is 6.54 Å². The number of hydrogen-bond acceptors (Lipinski definition) is 3. The van der Waals surface area contributed by atoms with Gasteiger partial charge in [-0.2, -0.15) is 0 Å². The Morgan fingerprint density at radius 2 is 1.95 bits per heavy atom. The van der Waals surface area contributed by atoms with Gasteiger partial charge in [-0.25, -0.2) is 0 Å². The Labute approximate surface area is 115 Å². The first-order chi connectivity index (χ1) is 8.69. The number of hydrogen-bond donors (Lipinski definition) is 3. The summed E-state index contributed by atoms with van der Waals surface area (Å²) in [6.45, 7) is 10.4. The summed E-state index contributed by atoms with van der Waals surface area (Å²) in [5.41, 5.74) is -0.278. The molecule has 5 nitrogen and oxygen atoms in total. The third-order valence-corrected chi connectivity index (χ3v) is 3.24. The second-order valence-corrected chi connectivity index (χ2v) is 6.55. The van der Waals surface area contributed by atoms with E-state index in [1.807, 2.05) is 20.8 Å². The Balaban J connectivity index is 2.45. The van der Waals surface area contributed by atoms with Crippen LogP contribution in [0.3, 0.4) is 0 Å². The molecular formula is C14H27N3O2. The molecular weight excluding hydrogens is 242 g/mol. The van der Waals surface area contributed by atoms with Gasteiger partial charge in [0, 0.05) is 17.5 Å². The lowest BCUT2D eigenvalue weighted by Crippen LogP contribution is -2.52. The Hall–Kier alpha value is -1.10. The van der Waals surface area contributed by atoms with Crippen molar-refractivity contribution in [2.45, 2.75) is 65.1 Å². The molecule has 1 aliphatic rings. The second kappa shape index (κ2) is 6.37. The number of rotatable bonds is 3. The highest BCUT2D eigenvalue weighted by molar-refractivity contribution is 5.88. The van der Waals surface area contributed by atoms with Crippen LogP contribution < -0.4 is 16.0 Å². The monoisotopic (exact) mass is 269 g/mol. The minimum atomic E-state index is -0.489. The number of carbonyl (C=O) groups excluding carboxylic acids is 2. The molecule has 2 amide bonds. The van der Waals surface area contributed by atoms with Crippen molar-refractivity contribution in [1.82, 2.24) is 16.0 Å². The van der Waals surface area contributed by atoms with Gasteiger partial charge >= 0.3 is 0 Å². The molecule has 110 valence electrons. The normalized spacial score (nSPS) is 25.5. The van der Waals surface area contributed by atoms with Crippen LogP contribution in [0.2, 0.25) is 0 Å². The molecule has 1 saturated heterocycles. The van der Waals surface area contributed by atoms with Gasteiger partial charge in [-0.3, -0.25) is 9.59 Å². The number of nitrogens with one attached hydrogen (secondary N) is 3. The maximum Gasteiger partial charge on any atom is 0.242 e. The van der Waals surface area contributed by atoms with Gasteiger partial charge in [0.1, 0.15) is 6.04 Å². The van der Waals surface area contributed by atoms with Crippen LogP contribution >= 0.6 is 0 Å². The lowest BCUT2D eigenvalue weighted by atomic mass is 9.92. The van der Waals surface area contributed by atoms with Gasteiger partial charge in [-0.15, -0.1) is 0 Å². The maximum absolute atomic E-state index is 12.1. The SMILES string of the molecule is CC(NC(=O)[C@H]1CCN[C@@H](C)C1)C(=O)NC(C)(C)C. The summed E-state index contributed by atoms with van der Waals surface area (Å²) < 4.78 is 0. The smallest absolute Gasteiger partial charge is 0.242 e. The molecule has 1 fully saturated rings. The van der Waals surface area contributed by atoms with Gasteiger partial charge in [0.25, 0.3) is 0 Å². The van der Waals surface area contributed by atoms with E-state index >= 15 is 0 Å². The molecule has 5 heteroatoms. The van der Waals surface area contributed by atoms with Gasteiger partial charge in [0.05, 0.1) is 0 Å². The van der Waals surface area contributed by atoms with Crippen LogP contribution in [0.5, 0.6) is 0 Å². The fourth-order valence-corrected chi connectivity index (χ4v) is 2.24. The predicted octanol–water partition coefficient (Wildman–Crippen LogP) is 0.794. The molecule has 0 bridgehead atoms. The van der Waals surface area contributed by atoms with Gasteiger partial charge in [0.2, 0.25) is 11.8 Å². The summed E-state index contributed by atoms with van der Waals surface area (Å²) >= 11 is 0. The molecule has 1 rings (SSSR count). The van der Waals surface area contributed by atoms with Crippen LogP contribution in [0.4, 0.5) is 0 Å². The summed E-state index contributed by atoms with van der Waals surface area (Å²) in [6.07, 6.45) is 1.67. The zero-order valence-electron chi connectivity index (χ0n) is 12.7. The van der Waals surface area contributed by atoms with Crippen LogP contribution in [0.1, 0.15) is 47.5 Å². The lowest BCUT2D eigenvalue weighted by molar-refractivity contribution is -0.132. The van der Waals surface area contributed by atoms with E-state index < -0.39 is 6.04 Å². The molecule has 3 N–H and O–H groups in total. The largest absolute Gasteiger partial charge is 0.350 e. The molecule has 0 aromatic carbocycles. The van der Waals surface area contributed by atoms with Gasteiger partial charge < -0.3 is 16.0 Å². The fraction of sp³-hybridized carbons (Fsp3) is 0.857. The molecule has 0 radical (unpaired) electrons. The third kappa shape index (κ3) is 5.59. The number of amides is 2. The first kappa shape index (κ1) is 16.0. The molecule has 0 aliphatic carbocycles. The molecule has 1 heterocycles. The van der Waals surface area contributed by atoms with Crippen molar-refractivity contribution in [3.05, 3.63) is 0 Å². The average Bonchev–Trinajstić information content (AvgIpc) is 2.26. The minimum Gasteiger partial charge on any atom is -0.350 e. The summed E-state index contributed by atoms with van der Waals surface area (Å²) in [6, 6.07) is -0.125. The van der Waals surface area contributed by atoms with Crippen LogP contribution in [-0.2, 0) is 9.59 Å². The Morgan fingerprint density at radius 1 is 1.32 bits per heavy atom. The summed E-state index contributed by atoms with van der Waals surface area (Å²) in [7, 11) is 0. The van der Waals surface area contributed by atoms with Gasteiger partial charge in [0.15, 0.2) is 0 Å². The average molecular weight is 269 g/mol. The molecule has 3 atom stereocenters. The Kier molecular flexibility index (Phi) is 5.35. The highest BCUT2D eigenvalue weighted by Gasteiger charge is 2.27. The molecule has 1 unspecified atom stereocenters. The molecule has 0 aromatic rings. The molecule has 0 spiro atoms. The van der Waals surface area contributed by atoms with Gasteiger partial charge in [-0.05, 0) is 54.0 Å². The zero-order valence-corrected chi connectivity index (χ0v) is 12.7. The van der Waals surface area contributed by atoms with E-state index in [-0.39, 0.29) is 23.3 Å². The second-order valence-electron chi connectivity index (χ2n) is 6.55. The molecule has 1 aliphatic heterocycles. The van der Waals surface area contributed by atoms with Crippen molar-refractivity contribution >= 4 is 11.8 Å². The highest BCUT2D eigenvalue weighted by Crippen LogP contribution is 2.16.